The van der Waals surface area contributed by atoms with E-state index in [1.54, 1.807) is 0 Å². The lowest BCUT2D eigenvalue weighted by molar-refractivity contribution is -0.0953. The second-order valence-corrected chi connectivity index (χ2v) is 7.42. The molecule has 1 nitrogen and oxygen atoms in total. The third-order valence-electron chi connectivity index (χ3n) is 5.62. The van der Waals surface area contributed by atoms with Crippen LogP contribution in [-0.4, -0.2) is 10.7 Å². The Balaban J connectivity index is 2.04. The summed E-state index contributed by atoms with van der Waals surface area (Å²) in [5.41, 5.74) is -0.338. The summed E-state index contributed by atoms with van der Waals surface area (Å²) in [6.45, 7) is 9.39. The van der Waals surface area contributed by atoms with Gasteiger partial charge in [-0.3, -0.25) is 0 Å². The molecule has 2 fully saturated rings. The van der Waals surface area contributed by atoms with Crippen molar-refractivity contribution in [2.45, 2.75) is 71.8 Å². The van der Waals surface area contributed by atoms with Gasteiger partial charge in [-0.25, -0.2) is 0 Å². The number of hydrogen-bond donors (Lipinski definition) is 1. The molecule has 100 valence electrons. The fraction of sp³-hybridized carbons (Fsp3) is 1.00. The first-order valence-corrected chi connectivity index (χ1v) is 7.63. The van der Waals surface area contributed by atoms with Crippen molar-refractivity contribution in [3.05, 3.63) is 0 Å². The van der Waals surface area contributed by atoms with Crippen LogP contribution in [0.2, 0.25) is 0 Å². The molecular weight excluding hydrogens is 208 g/mol. The lowest BCUT2D eigenvalue weighted by Crippen LogP contribution is -2.46. The van der Waals surface area contributed by atoms with Crippen molar-refractivity contribution in [2.24, 2.45) is 29.6 Å². The van der Waals surface area contributed by atoms with E-state index >= 15 is 0 Å². The zero-order valence-corrected chi connectivity index (χ0v) is 12.1. The molecular formula is C16H30O. The highest BCUT2D eigenvalue weighted by molar-refractivity contribution is 4.95. The van der Waals surface area contributed by atoms with Crippen LogP contribution in [0.4, 0.5) is 0 Å². The molecule has 0 aromatic rings. The summed E-state index contributed by atoms with van der Waals surface area (Å²) >= 11 is 0. The van der Waals surface area contributed by atoms with Crippen LogP contribution in [0.15, 0.2) is 0 Å². The van der Waals surface area contributed by atoms with E-state index in [1.807, 2.05) is 0 Å². The van der Waals surface area contributed by atoms with Gasteiger partial charge < -0.3 is 5.11 Å². The van der Waals surface area contributed by atoms with Crippen LogP contribution < -0.4 is 0 Å². The normalized spacial score (nSPS) is 52.4. The molecule has 5 unspecified atom stereocenters. The van der Waals surface area contributed by atoms with E-state index < -0.39 is 0 Å². The van der Waals surface area contributed by atoms with Crippen molar-refractivity contribution in [2.75, 3.05) is 0 Å². The summed E-state index contributed by atoms with van der Waals surface area (Å²) in [7, 11) is 0. The molecule has 0 spiro atoms. The van der Waals surface area contributed by atoms with Crippen LogP contribution in [0.3, 0.4) is 0 Å². The van der Waals surface area contributed by atoms with Crippen LogP contribution in [-0.2, 0) is 0 Å². The van der Waals surface area contributed by atoms with E-state index in [4.69, 9.17) is 0 Å². The Labute approximate surface area is 107 Å². The van der Waals surface area contributed by atoms with Crippen LogP contribution in [0, 0.1) is 29.6 Å². The van der Waals surface area contributed by atoms with Gasteiger partial charge in [-0.15, -0.1) is 0 Å². The fourth-order valence-corrected chi connectivity index (χ4v) is 4.38. The maximum atomic E-state index is 11.0. The minimum atomic E-state index is -0.338. The van der Waals surface area contributed by atoms with E-state index in [0.29, 0.717) is 11.8 Å². The summed E-state index contributed by atoms with van der Waals surface area (Å²) < 4.78 is 0. The molecule has 0 radical (unpaired) electrons. The maximum absolute atomic E-state index is 11.0. The first-order chi connectivity index (χ1) is 7.90. The highest BCUT2D eigenvalue weighted by Crippen LogP contribution is 2.47. The van der Waals surface area contributed by atoms with Gasteiger partial charge in [0.05, 0.1) is 5.60 Å². The molecule has 0 amide bonds. The number of rotatable bonds is 1. The van der Waals surface area contributed by atoms with Gasteiger partial charge in [-0.2, -0.15) is 0 Å². The minimum absolute atomic E-state index is 0.338. The topological polar surface area (TPSA) is 20.2 Å². The standard InChI is InChI=1S/C16H30O/c1-11-7-12(2)9-15(8-11)16(17)6-5-13(3)14(4)10-16/h11-15,17H,5-10H2,1-4H3. The molecule has 2 aliphatic carbocycles. The summed E-state index contributed by atoms with van der Waals surface area (Å²) in [5, 5.41) is 11.0. The molecule has 0 saturated heterocycles. The van der Waals surface area contributed by atoms with Gasteiger partial charge >= 0.3 is 0 Å². The molecule has 2 aliphatic rings. The first kappa shape index (κ1) is 13.4. The van der Waals surface area contributed by atoms with Gasteiger partial charge in [-0.1, -0.05) is 27.7 Å². The highest BCUT2D eigenvalue weighted by Gasteiger charge is 2.44. The zero-order chi connectivity index (χ0) is 12.6. The van der Waals surface area contributed by atoms with Gasteiger partial charge in [0, 0.05) is 0 Å². The summed E-state index contributed by atoms with van der Waals surface area (Å²) in [6, 6.07) is 0. The van der Waals surface area contributed by atoms with Crippen molar-refractivity contribution in [1.29, 1.82) is 0 Å². The van der Waals surface area contributed by atoms with Crippen molar-refractivity contribution < 1.29 is 5.11 Å². The Hall–Kier alpha value is -0.0400. The monoisotopic (exact) mass is 238 g/mol. The van der Waals surface area contributed by atoms with Crippen LogP contribution in [0.25, 0.3) is 0 Å². The Morgan fingerprint density at radius 2 is 1.47 bits per heavy atom. The van der Waals surface area contributed by atoms with Gasteiger partial charge in [0.15, 0.2) is 0 Å². The molecule has 17 heavy (non-hydrogen) atoms. The SMILES string of the molecule is CC1CC(C)CC(C2(O)CCC(C)C(C)C2)C1. The second-order valence-electron chi connectivity index (χ2n) is 7.42. The Kier molecular flexibility index (Phi) is 3.87. The Morgan fingerprint density at radius 1 is 0.882 bits per heavy atom. The zero-order valence-electron chi connectivity index (χ0n) is 12.1. The van der Waals surface area contributed by atoms with Gasteiger partial charge in [0.2, 0.25) is 0 Å². The Morgan fingerprint density at radius 3 is 2.00 bits per heavy atom. The van der Waals surface area contributed by atoms with E-state index in [1.165, 1.54) is 25.7 Å². The van der Waals surface area contributed by atoms with E-state index in [0.717, 1.165) is 30.6 Å². The summed E-state index contributed by atoms with van der Waals surface area (Å²) in [5.74, 6) is 3.68. The van der Waals surface area contributed by atoms with E-state index in [9.17, 15) is 5.11 Å². The van der Waals surface area contributed by atoms with Gasteiger partial charge in [0.1, 0.15) is 0 Å². The van der Waals surface area contributed by atoms with Crippen LogP contribution >= 0.6 is 0 Å². The van der Waals surface area contributed by atoms with Crippen molar-refractivity contribution in [3.63, 3.8) is 0 Å². The lowest BCUT2D eigenvalue weighted by Gasteiger charge is -2.47. The molecule has 0 aromatic heterocycles. The lowest BCUT2D eigenvalue weighted by atomic mass is 9.62. The molecule has 0 aliphatic heterocycles. The quantitative estimate of drug-likeness (QED) is 0.724. The first-order valence-electron chi connectivity index (χ1n) is 7.63. The third kappa shape index (κ3) is 2.86. The third-order valence-corrected chi connectivity index (χ3v) is 5.62. The molecule has 0 aromatic carbocycles. The molecule has 2 rings (SSSR count). The second kappa shape index (κ2) is 4.91. The van der Waals surface area contributed by atoms with E-state index in [-0.39, 0.29) is 5.60 Å². The van der Waals surface area contributed by atoms with Crippen molar-refractivity contribution in [1.82, 2.24) is 0 Å². The molecule has 1 N–H and O–H groups in total. The molecule has 0 heterocycles. The largest absolute Gasteiger partial charge is 0.390 e. The average molecular weight is 238 g/mol. The van der Waals surface area contributed by atoms with Crippen molar-refractivity contribution in [3.8, 4) is 0 Å². The average Bonchev–Trinajstić information content (AvgIpc) is 2.23. The van der Waals surface area contributed by atoms with Crippen LogP contribution in [0.1, 0.15) is 66.2 Å². The molecule has 1 heteroatoms. The van der Waals surface area contributed by atoms with Crippen molar-refractivity contribution >= 4 is 0 Å². The molecule has 5 atom stereocenters. The Bertz CT molecular complexity index is 252. The predicted octanol–water partition coefficient (Wildman–Crippen LogP) is 4.25. The van der Waals surface area contributed by atoms with Crippen LogP contribution in [0.5, 0.6) is 0 Å². The van der Waals surface area contributed by atoms with E-state index in [2.05, 4.69) is 27.7 Å². The van der Waals surface area contributed by atoms with Gasteiger partial charge in [0.25, 0.3) is 0 Å². The number of aliphatic hydroxyl groups is 1. The summed E-state index contributed by atoms with van der Waals surface area (Å²) in [4.78, 5) is 0. The summed E-state index contributed by atoms with van der Waals surface area (Å²) in [6.07, 6.45) is 7.17. The number of hydrogen-bond acceptors (Lipinski definition) is 1. The van der Waals surface area contributed by atoms with Gasteiger partial charge in [-0.05, 0) is 68.1 Å². The highest BCUT2D eigenvalue weighted by atomic mass is 16.3. The fourth-order valence-electron chi connectivity index (χ4n) is 4.38. The predicted molar refractivity (Wildman–Crippen MR) is 72.8 cm³/mol. The minimum Gasteiger partial charge on any atom is -0.390 e. The molecule has 2 saturated carbocycles. The maximum Gasteiger partial charge on any atom is 0.0678 e. The smallest absolute Gasteiger partial charge is 0.0678 e. The molecule has 0 bridgehead atoms.